The van der Waals surface area contributed by atoms with Gasteiger partial charge in [-0.1, -0.05) is 32.6 Å². The van der Waals surface area contributed by atoms with Crippen LogP contribution < -0.4 is 10.1 Å². The lowest BCUT2D eigenvalue weighted by molar-refractivity contribution is -0.0459. The van der Waals surface area contributed by atoms with Gasteiger partial charge in [0, 0.05) is 35.9 Å². The lowest BCUT2D eigenvalue weighted by Gasteiger charge is -2.47. The summed E-state index contributed by atoms with van der Waals surface area (Å²) in [6.07, 6.45) is 11.0. The fourth-order valence-corrected chi connectivity index (χ4v) is 5.11. The Morgan fingerprint density at radius 3 is 2.81 bits per heavy atom. The summed E-state index contributed by atoms with van der Waals surface area (Å²) in [5.74, 6) is 1.30. The molecular formula is C22H32FNO2. The Hall–Kier alpha value is -1.29. The van der Waals surface area contributed by atoms with Crippen LogP contribution >= 0.6 is 0 Å². The molecule has 1 saturated carbocycles. The largest absolute Gasteiger partial charge is 0.491 e. The number of hydrogen-bond acceptors (Lipinski definition) is 3. The summed E-state index contributed by atoms with van der Waals surface area (Å²) >= 11 is 0. The van der Waals surface area contributed by atoms with Crippen molar-refractivity contribution < 1.29 is 13.9 Å². The van der Waals surface area contributed by atoms with E-state index in [2.05, 4.69) is 12.2 Å². The lowest BCUT2D eigenvalue weighted by Crippen LogP contribution is -2.46. The van der Waals surface area contributed by atoms with Gasteiger partial charge in [0.15, 0.2) is 11.6 Å². The maximum Gasteiger partial charge on any atom is 0.167 e. The van der Waals surface area contributed by atoms with Crippen LogP contribution in [0.1, 0.15) is 76.4 Å². The maximum atomic E-state index is 14.6. The molecule has 2 fully saturated rings. The molecule has 1 aromatic rings. The second-order valence-corrected chi connectivity index (χ2v) is 8.24. The van der Waals surface area contributed by atoms with E-state index in [1.807, 2.05) is 6.07 Å². The van der Waals surface area contributed by atoms with Crippen LogP contribution in [0.4, 0.5) is 10.1 Å². The number of ether oxygens (including phenoxy) is 2. The standard InChI is InChI=1S/C22H32FNO2/c1-2-3-11-25-20-13-17-19(14-18(20)23)24-21(15-8-5-4-6-9-15)16-10-7-12-26-22(16)17/h13-16,21-22,24H,2-12H2,1H3/t16-,21?,22-/m0/s1. The van der Waals surface area contributed by atoms with Gasteiger partial charge in [-0.25, -0.2) is 4.39 Å². The van der Waals surface area contributed by atoms with Crippen LogP contribution in [0.2, 0.25) is 0 Å². The molecule has 144 valence electrons. The fraction of sp³-hybridized carbons (Fsp3) is 0.727. The van der Waals surface area contributed by atoms with Crippen LogP contribution in [0.5, 0.6) is 5.75 Å². The number of fused-ring (bicyclic) bond motifs is 3. The van der Waals surface area contributed by atoms with E-state index in [4.69, 9.17) is 9.47 Å². The third-order valence-electron chi connectivity index (χ3n) is 6.48. The third kappa shape index (κ3) is 3.58. The number of hydrogen-bond donors (Lipinski definition) is 1. The van der Waals surface area contributed by atoms with Crippen molar-refractivity contribution >= 4 is 5.69 Å². The molecule has 0 bridgehead atoms. The Morgan fingerprint density at radius 2 is 2.00 bits per heavy atom. The zero-order chi connectivity index (χ0) is 17.9. The van der Waals surface area contributed by atoms with E-state index in [1.54, 1.807) is 6.07 Å². The number of unbranched alkanes of at least 4 members (excludes halogenated alkanes) is 1. The molecule has 0 aromatic heterocycles. The number of rotatable bonds is 5. The molecule has 4 rings (SSSR count). The molecule has 1 aromatic carbocycles. The number of anilines is 1. The predicted molar refractivity (Wildman–Crippen MR) is 102 cm³/mol. The van der Waals surface area contributed by atoms with Gasteiger partial charge in [-0.3, -0.25) is 0 Å². The van der Waals surface area contributed by atoms with Crippen molar-refractivity contribution in [2.45, 2.75) is 76.9 Å². The van der Waals surface area contributed by atoms with Gasteiger partial charge in [0.1, 0.15) is 0 Å². The van der Waals surface area contributed by atoms with Gasteiger partial charge in [0.25, 0.3) is 0 Å². The third-order valence-corrected chi connectivity index (χ3v) is 6.48. The minimum absolute atomic E-state index is 0.0843. The fourth-order valence-electron chi connectivity index (χ4n) is 5.11. The number of halogens is 1. The predicted octanol–water partition coefficient (Wildman–Crippen LogP) is 5.85. The number of nitrogens with one attached hydrogen (secondary N) is 1. The first-order valence-corrected chi connectivity index (χ1v) is 10.6. The molecule has 3 nitrogen and oxygen atoms in total. The van der Waals surface area contributed by atoms with E-state index in [-0.39, 0.29) is 11.9 Å². The number of benzene rings is 1. The summed E-state index contributed by atoms with van der Waals surface area (Å²) in [5, 5.41) is 3.73. The molecule has 4 heteroatoms. The summed E-state index contributed by atoms with van der Waals surface area (Å²) in [5.41, 5.74) is 2.01. The minimum Gasteiger partial charge on any atom is -0.491 e. The molecule has 1 N–H and O–H groups in total. The van der Waals surface area contributed by atoms with E-state index in [0.717, 1.165) is 37.1 Å². The molecule has 3 aliphatic rings. The molecular weight excluding hydrogens is 329 g/mol. The van der Waals surface area contributed by atoms with Crippen LogP contribution in [-0.4, -0.2) is 19.3 Å². The van der Waals surface area contributed by atoms with Gasteiger partial charge in [0.2, 0.25) is 0 Å². The van der Waals surface area contributed by atoms with E-state index in [1.165, 1.54) is 38.5 Å². The maximum absolute atomic E-state index is 14.6. The molecule has 1 aliphatic carbocycles. The first kappa shape index (κ1) is 18.1. The van der Waals surface area contributed by atoms with Crippen LogP contribution in [-0.2, 0) is 4.74 Å². The molecule has 0 spiro atoms. The molecule has 1 saturated heterocycles. The SMILES string of the molecule is CCCCOc1cc2c(cc1F)NC(C1CCCCC1)[C@@H]1CCCO[C@H]21. The minimum atomic E-state index is -0.260. The first-order valence-electron chi connectivity index (χ1n) is 10.6. The second kappa shape index (κ2) is 8.16. The average Bonchev–Trinajstić information content (AvgIpc) is 2.69. The molecule has 2 aliphatic heterocycles. The Kier molecular flexibility index (Phi) is 5.68. The highest BCUT2D eigenvalue weighted by atomic mass is 19.1. The van der Waals surface area contributed by atoms with Crippen LogP contribution in [0.3, 0.4) is 0 Å². The Morgan fingerprint density at radius 1 is 1.15 bits per heavy atom. The molecule has 3 atom stereocenters. The van der Waals surface area contributed by atoms with Crippen molar-refractivity contribution in [2.24, 2.45) is 11.8 Å². The average molecular weight is 362 g/mol. The van der Waals surface area contributed by atoms with Crippen molar-refractivity contribution in [1.29, 1.82) is 0 Å². The molecule has 26 heavy (non-hydrogen) atoms. The summed E-state index contributed by atoms with van der Waals surface area (Å²) < 4.78 is 26.5. The first-order chi connectivity index (χ1) is 12.8. The van der Waals surface area contributed by atoms with E-state index < -0.39 is 0 Å². The van der Waals surface area contributed by atoms with Crippen LogP contribution in [0.25, 0.3) is 0 Å². The highest BCUT2D eigenvalue weighted by molar-refractivity contribution is 5.59. The summed E-state index contributed by atoms with van der Waals surface area (Å²) in [7, 11) is 0. The lowest BCUT2D eigenvalue weighted by atomic mass is 9.71. The second-order valence-electron chi connectivity index (χ2n) is 8.24. The zero-order valence-corrected chi connectivity index (χ0v) is 15.9. The topological polar surface area (TPSA) is 30.5 Å². The molecule has 1 unspecified atom stereocenters. The van der Waals surface area contributed by atoms with Gasteiger partial charge in [-0.2, -0.15) is 0 Å². The molecule has 0 radical (unpaired) electrons. The van der Waals surface area contributed by atoms with Crippen molar-refractivity contribution in [3.05, 3.63) is 23.5 Å². The summed E-state index contributed by atoms with van der Waals surface area (Å²) in [6.45, 7) is 3.49. The Bertz CT molecular complexity index is 614. The normalized spacial score (nSPS) is 28.8. The Balaban J connectivity index is 1.61. The van der Waals surface area contributed by atoms with Crippen molar-refractivity contribution in [2.75, 3.05) is 18.5 Å². The van der Waals surface area contributed by atoms with Crippen LogP contribution in [0.15, 0.2) is 12.1 Å². The van der Waals surface area contributed by atoms with Gasteiger partial charge in [-0.05, 0) is 44.1 Å². The monoisotopic (exact) mass is 361 g/mol. The highest BCUT2D eigenvalue weighted by Crippen LogP contribution is 2.48. The Labute approximate surface area is 156 Å². The highest BCUT2D eigenvalue weighted by Gasteiger charge is 2.43. The summed E-state index contributed by atoms with van der Waals surface area (Å²) in [6, 6.07) is 3.95. The quantitative estimate of drug-likeness (QED) is 0.668. The van der Waals surface area contributed by atoms with Gasteiger partial charge < -0.3 is 14.8 Å². The smallest absolute Gasteiger partial charge is 0.167 e. The van der Waals surface area contributed by atoms with Gasteiger partial charge in [0.05, 0.1) is 12.7 Å². The van der Waals surface area contributed by atoms with Gasteiger partial charge in [-0.15, -0.1) is 0 Å². The van der Waals surface area contributed by atoms with Crippen LogP contribution in [0, 0.1) is 17.7 Å². The van der Waals surface area contributed by atoms with E-state index in [9.17, 15) is 4.39 Å². The zero-order valence-electron chi connectivity index (χ0n) is 15.9. The van der Waals surface area contributed by atoms with Crippen molar-refractivity contribution in [3.63, 3.8) is 0 Å². The van der Waals surface area contributed by atoms with Crippen molar-refractivity contribution in [3.8, 4) is 5.75 Å². The van der Waals surface area contributed by atoms with E-state index in [0.29, 0.717) is 30.2 Å². The molecule has 2 heterocycles. The van der Waals surface area contributed by atoms with Gasteiger partial charge >= 0.3 is 0 Å². The van der Waals surface area contributed by atoms with E-state index >= 15 is 0 Å². The summed E-state index contributed by atoms with van der Waals surface area (Å²) in [4.78, 5) is 0. The molecule has 0 amide bonds. The van der Waals surface area contributed by atoms with Crippen molar-refractivity contribution in [1.82, 2.24) is 0 Å².